The average Bonchev–Trinajstić information content (AvgIpc) is 2.80. The van der Waals surface area contributed by atoms with E-state index in [1.54, 1.807) is 28.9 Å². The highest BCUT2D eigenvalue weighted by atomic mass is 16.2. The minimum Gasteiger partial charge on any atom is -0.267 e. The molecule has 1 N–H and O–H groups in total. The summed E-state index contributed by atoms with van der Waals surface area (Å²) in [6.45, 7) is 3.66. The van der Waals surface area contributed by atoms with Crippen LogP contribution in [0.15, 0.2) is 42.0 Å². The molecular formula is C17H14N4O. The molecule has 0 aliphatic rings. The van der Waals surface area contributed by atoms with Gasteiger partial charge < -0.3 is 0 Å². The van der Waals surface area contributed by atoms with E-state index in [4.69, 9.17) is 10.5 Å². The summed E-state index contributed by atoms with van der Waals surface area (Å²) in [7, 11) is 0. The highest BCUT2D eigenvalue weighted by Gasteiger charge is 2.12. The fourth-order valence-corrected chi connectivity index (χ4v) is 2.11. The third-order valence-corrected chi connectivity index (χ3v) is 3.26. The average molecular weight is 290 g/mol. The molecule has 22 heavy (non-hydrogen) atoms. The SMILES string of the molecule is Cc1cc(C=C(C#N)C#N)c(C)n1NC(=O)c1ccccc1. The number of nitrogens with zero attached hydrogens (tertiary/aromatic N) is 3. The standard InChI is InChI=1S/C17H14N4O/c1-12-8-16(9-14(10-18)11-19)13(2)21(12)20-17(22)15-6-4-3-5-7-15/h3-9H,1-2H3,(H,20,22). The molecule has 1 amide bonds. The van der Waals surface area contributed by atoms with Crippen molar-refractivity contribution in [3.63, 3.8) is 0 Å². The largest absolute Gasteiger partial charge is 0.270 e. The molecule has 0 aliphatic carbocycles. The number of allylic oxidation sites excluding steroid dienone is 1. The van der Waals surface area contributed by atoms with Crippen molar-refractivity contribution >= 4 is 12.0 Å². The number of nitriles is 2. The summed E-state index contributed by atoms with van der Waals surface area (Å²) in [5.74, 6) is -0.223. The van der Waals surface area contributed by atoms with Crippen molar-refractivity contribution in [2.75, 3.05) is 5.43 Å². The van der Waals surface area contributed by atoms with Gasteiger partial charge in [0.2, 0.25) is 0 Å². The van der Waals surface area contributed by atoms with Crippen LogP contribution < -0.4 is 5.43 Å². The van der Waals surface area contributed by atoms with Crippen LogP contribution in [0, 0.1) is 36.5 Å². The van der Waals surface area contributed by atoms with Crippen LogP contribution in [0.3, 0.4) is 0 Å². The van der Waals surface area contributed by atoms with Crippen LogP contribution in [-0.4, -0.2) is 10.6 Å². The Morgan fingerprint density at radius 2 is 1.82 bits per heavy atom. The predicted octanol–water partition coefficient (Wildman–Crippen LogP) is 2.92. The molecule has 1 aromatic carbocycles. The summed E-state index contributed by atoms with van der Waals surface area (Å²) in [4.78, 5) is 12.2. The van der Waals surface area contributed by atoms with E-state index in [-0.39, 0.29) is 11.5 Å². The van der Waals surface area contributed by atoms with Gasteiger partial charge >= 0.3 is 0 Å². The van der Waals surface area contributed by atoms with Crippen LogP contribution in [0.1, 0.15) is 27.3 Å². The molecule has 1 aromatic heterocycles. The lowest BCUT2D eigenvalue weighted by molar-refractivity contribution is 0.101. The molecule has 1 heterocycles. The van der Waals surface area contributed by atoms with Crippen LogP contribution in [0.4, 0.5) is 0 Å². The molecular weight excluding hydrogens is 276 g/mol. The maximum absolute atomic E-state index is 12.2. The van der Waals surface area contributed by atoms with E-state index in [1.807, 2.05) is 38.1 Å². The molecule has 5 heteroatoms. The first-order valence-corrected chi connectivity index (χ1v) is 6.64. The van der Waals surface area contributed by atoms with Crippen molar-refractivity contribution in [3.05, 3.63) is 64.5 Å². The molecule has 2 rings (SSSR count). The lowest BCUT2D eigenvalue weighted by Crippen LogP contribution is -2.24. The Bertz CT molecular complexity index is 801. The molecule has 0 fully saturated rings. The van der Waals surface area contributed by atoms with Crippen LogP contribution in [0.2, 0.25) is 0 Å². The Morgan fingerprint density at radius 1 is 1.18 bits per heavy atom. The first kappa shape index (κ1) is 15.1. The number of aromatic nitrogens is 1. The predicted molar refractivity (Wildman–Crippen MR) is 83.2 cm³/mol. The number of aryl methyl sites for hydroxylation is 1. The minimum absolute atomic E-state index is 0.0228. The number of nitrogens with one attached hydrogen (secondary N) is 1. The first-order valence-electron chi connectivity index (χ1n) is 6.64. The number of amides is 1. The Labute approximate surface area is 128 Å². The monoisotopic (exact) mass is 290 g/mol. The molecule has 0 unspecified atom stereocenters. The zero-order chi connectivity index (χ0) is 16.1. The lowest BCUT2D eigenvalue weighted by atomic mass is 10.2. The molecule has 5 nitrogen and oxygen atoms in total. The summed E-state index contributed by atoms with van der Waals surface area (Å²) in [5, 5.41) is 17.7. The Morgan fingerprint density at radius 3 is 2.41 bits per heavy atom. The van der Waals surface area contributed by atoms with E-state index in [0.29, 0.717) is 5.56 Å². The third-order valence-electron chi connectivity index (χ3n) is 3.26. The summed E-state index contributed by atoms with van der Waals surface area (Å²) in [5.41, 5.74) is 5.68. The molecule has 0 saturated heterocycles. The molecule has 0 saturated carbocycles. The van der Waals surface area contributed by atoms with E-state index < -0.39 is 0 Å². The third kappa shape index (κ3) is 3.05. The van der Waals surface area contributed by atoms with E-state index in [9.17, 15) is 4.79 Å². The zero-order valence-electron chi connectivity index (χ0n) is 12.3. The van der Waals surface area contributed by atoms with Gasteiger partial charge in [-0.05, 0) is 43.7 Å². The Hall–Kier alpha value is -3.31. The molecule has 2 aromatic rings. The second-order valence-corrected chi connectivity index (χ2v) is 4.75. The molecule has 0 atom stereocenters. The van der Waals surface area contributed by atoms with Gasteiger partial charge in [-0.15, -0.1) is 0 Å². The number of benzene rings is 1. The van der Waals surface area contributed by atoms with E-state index in [2.05, 4.69) is 5.43 Å². The van der Waals surface area contributed by atoms with Crippen molar-refractivity contribution in [3.8, 4) is 12.1 Å². The normalized spacial score (nSPS) is 9.45. The maximum Gasteiger partial charge on any atom is 0.270 e. The van der Waals surface area contributed by atoms with Gasteiger partial charge in [0.05, 0.1) is 0 Å². The molecule has 0 bridgehead atoms. The quantitative estimate of drug-likeness (QED) is 0.882. The highest BCUT2D eigenvalue weighted by Crippen LogP contribution is 2.17. The molecule has 0 spiro atoms. The summed E-state index contributed by atoms with van der Waals surface area (Å²) in [6, 6.07) is 14.4. The van der Waals surface area contributed by atoms with Crippen molar-refractivity contribution in [2.24, 2.45) is 0 Å². The highest BCUT2D eigenvalue weighted by molar-refractivity contribution is 6.00. The van der Waals surface area contributed by atoms with Gasteiger partial charge in [0.15, 0.2) is 0 Å². The van der Waals surface area contributed by atoms with Gasteiger partial charge in [0.25, 0.3) is 5.91 Å². The number of carbonyl (C=O) groups excluding carboxylic acids is 1. The van der Waals surface area contributed by atoms with Gasteiger partial charge in [-0.25, -0.2) is 0 Å². The minimum atomic E-state index is -0.223. The van der Waals surface area contributed by atoms with Crippen molar-refractivity contribution in [1.29, 1.82) is 10.5 Å². The van der Waals surface area contributed by atoms with Gasteiger partial charge in [-0.2, -0.15) is 10.5 Å². The zero-order valence-corrected chi connectivity index (χ0v) is 12.3. The van der Waals surface area contributed by atoms with Crippen molar-refractivity contribution < 1.29 is 4.79 Å². The van der Waals surface area contributed by atoms with Crippen LogP contribution in [-0.2, 0) is 0 Å². The van der Waals surface area contributed by atoms with Crippen LogP contribution in [0.25, 0.3) is 6.08 Å². The number of rotatable bonds is 3. The van der Waals surface area contributed by atoms with Gasteiger partial charge in [-0.3, -0.25) is 14.9 Å². The molecule has 0 radical (unpaired) electrons. The maximum atomic E-state index is 12.2. The van der Waals surface area contributed by atoms with E-state index in [0.717, 1.165) is 17.0 Å². The summed E-state index contributed by atoms with van der Waals surface area (Å²) < 4.78 is 1.65. The van der Waals surface area contributed by atoms with Crippen LogP contribution in [0.5, 0.6) is 0 Å². The molecule has 108 valence electrons. The van der Waals surface area contributed by atoms with E-state index >= 15 is 0 Å². The number of hydrogen-bond donors (Lipinski definition) is 1. The van der Waals surface area contributed by atoms with Crippen molar-refractivity contribution in [2.45, 2.75) is 13.8 Å². The summed E-state index contributed by atoms with van der Waals surface area (Å²) in [6.07, 6.45) is 1.51. The second kappa shape index (κ2) is 6.43. The molecule has 0 aliphatic heterocycles. The number of hydrogen-bond acceptors (Lipinski definition) is 3. The summed E-state index contributed by atoms with van der Waals surface area (Å²) >= 11 is 0. The topological polar surface area (TPSA) is 81.6 Å². The smallest absolute Gasteiger partial charge is 0.267 e. The second-order valence-electron chi connectivity index (χ2n) is 4.75. The van der Waals surface area contributed by atoms with Gasteiger partial charge in [0, 0.05) is 17.0 Å². The fraction of sp³-hybridized carbons (Fsp3) is 0.118. The van der Waals surface area contributed by atoms with E-state index in [1.165, 1.54) is 6.08 Å². The number of carbonyl (C=O) groups is 1. The Balaban J connectivity index is 2.33. The lowest BCUT2D eigenvalue weighted by Gasteiger charge is -2.11. The fourth-order valence-electron chi connectivity index (χ4n) is 2.11. The van der Waals surface area contributed by atoms with Gasteiger partial charge in [-0.1, -0.05) is 18.2 Å². The van der Waals surface area contributed by atoms with Crippen molar-refractivity contribution in [1.82, 2.24) is 4.68 Å². The van der Waals surface area contributed by atoms with Crippen LogP contribution >= 0.6 is 0 Å². The van der Waals surface area contributed by atoms with Gasteiger partial charge in [0.1, 0.15) is 17.7 Å². The Kier molecular flexibility index (Phi) is 4.41. The first-order chi connectivity index (χ1) is 10.6.